The molecule has 0 unspecified atom stereocenters. The third-order valence-electron chi connectivity index (χ3n) is 7.13. The molecule has 1 aliphatic rings. The van der Waals surface area contributed by atoms with Crippen molar-refractivity contribution in [3.05, 3.63) is 104 Å². The summed E-state index contributed by atoms with van der Waals surface area (Å²) in [6.45, 7) is 6.63. The van der Waals surface area contributed by atoms with Crippen molar-refractivity contribution < 1.29 is 18.7 Å². The Balaban J connectivity index is 1.59. The Bertz CT molecular complexity index is 1530. The second-order valence-corrected chi connectivity index (χ2v) is 9.84. The van der Waals surface area contributed by atoms with Crippen LogP contribution in [0.3, 0.4) is 0 Å². The number of benzene rings is 3. The van der Waals surface area contributed by atoms with Crippen LogP contribution in [0.4, 0.5) is 0 Å². The minimum atomic E-state index is -0.523. The second-order valence-electron chi connectivity index (χ2n) is 9.84. The number of methoxy groups -OCH3 is 2. The van der Waals surface area contributed by atoms with Crippen LogP contribution in [-0.4, -0.2) is 31.6 Å². The van der Waals surface area contributed by atoms with Crippen LogP contribution in [0.25, 0.3) is 11.0 Å². The first kappa shape index (κ1) is 24.6. The van der Waals surface area contributed by atoms with Gasteiger partial charge in [0.1, 0.15) is 5.58 Å². The molecule has 0 saturated carbocycles. The van der Waals surface area contributed by atoms with Gasteiger partial charge >= 0.3 is 0 Å². The van der Waals surface area contributed by atoms with Gasteiger partial charge in [0.2, 0.25) is 5.76 Å². The van der Waals surface area contributed by atoms with Crippen LogP contribution < -0.4 is 14.9 Å². The Morgan fingerprint density at radius 3 is 2.32 bits per heavy atom. The number of hydrogen-bond donors (Lipinski definition) is 0. The van der Waals surface area contributed by atoms with Crippen molar-refractivity contribution in [1.82, 2.24) is 4.90 Å². The van der Waals surface area contributed by atoms with E-state index in [1.165, 1.54) is 5.56 Å². The summed E-state index contributed by atoms with van der Waals surface area (Å²) in [5.74, 6) is 1.52. The molecule has 0 spiro atoms. The summed E-state index contributed by atoms with van der Waals surface area (Å²) in [6.07, 6.45) is 0.577. The maximum absolute atomic E-state index is 13.8. The number of amides is 1. The maximum Gasteiger partial charge on any atom is 0.290 e. The summed E-state index contributed by atoms with van der Waals surface area (Å²) in [4.78, 5) is 29.2. The van der Waals surface area contributed by atoms with Crippen molar-refractivity contribution in [1.29, 1.82) is 0 Å². The van der Waals surface area contributed by atoms with Gasteiger partial charge in [0, 0.05) is 6.54 Å². The standard InChI is InChI=1S/C31H31NO5/c1-18(2)21-8-10-22(11-9-21)28-27-29(33)23-16-19(3)6-12-24(23)37-30(27)31(34)32(28)15-14-20-7-13-25(35-4)26(17-20)36-5/h6-13,16-18,28H,14-15H2,1-5H3/t28-/m0/s1. The molecule has 0 radical (unpaired) electrons. The molecule has 0 N–H and O–H groups in total. The van der Waals surface area contributed by atoms with E-state index < -0.39 is 6.04 Å². The van der Waals surface area contributed by atoms with Gasteiger partial charge < -0.3 is 18.8 Å². The lowest BCUT2D eigenvalue weighted by Crippen LogP contribution is -2.31. The highest BCUT2D eigenvalue weighted by Gasteiger charge is 2.42. The quantitative estimate of drug-likeness (QED) is 0.312. The number of fused-ring (bicyclic) bond motifs is 2. The topological polar surface area (TPSA) is 69.0 Å². The number of rotatable bonds is 7. The molecular weight excluding hydrogens is 466 g/mol. The highest BCUT2D eigenvalue weighted by Crippen LogP contribution is 2.39. The fraction of sp³-hybridized carbons (Fsp3) is 0.290. The van der Waals surface area contributed by atoms with Crippen molar-refractivity contribution in [3.63, 3.8) is 0 Å². The van der Waals surface area contributed by atoms with E-state index in [0.717, 1.165) is 16.7 Å². The van der Waals surface area contributed by atoms with Gasteiger partial charge in [0.15, 0.2) is 16.9 Å². The fourth-order valence-electron chi connectivity index (χ4n) is 5.06. The van der Waals surface area contributed by atoms with Gasteiger partial charge in [-0.05, 0) is 60.2 Å². The Morgan fingerprint density at radius 1 is 0.919 bits per heavy atom. The first-order chi connectivity index (χ1) is 17.8. The van der Waals surface area contributed by atoms with E-state index in [0.29, 0.717) is 46.9 Å². The number of aryl methyl sites for hydroxylation is 1. The summed E-state index contributed by atoms with van der Waals surface area (Å²) in [5, 5.41) is 0.497. The first-order valence-corrected chi connectivity index (χ1v) is 12.5. The van der Waals surface area contributed by atoms with E-state index in [4.69, 9.17) is 13.9 Å². The van der Waals surface area contributed by atoms with Gasteiger partial charge in [-0.25, -0.2) is 0 Å². The largest absolute Gasteiger partial charge is 0.493 e. The van der Waals surface area contributed by atoms with Crippen molar-refractivity contribution in [2.45, 2.75) is 39.2 Å². The van der Waals surface area contributed by atoms with Crippen LogP contribution in [0.5, 0.6) is 11.5 Å². The molecule has 6 nitrogen and oxygen atoms in total. The van der Waals surface area contributed by atoms with E-state index in [1.54, 1.807) is 25.2 Å². The van der Waals surface area contributed by atoms with Crippen LogP contribution in [0.1, 0.15) is 64.2 Å². The zero-order chi connectivity index (χ0) is 26.3. The number of hydrogen-bond acceptors (Lipinski definition) is 5. The SMILES string of the molecule is COc1ccc(CCN2C(=O)c3oc4ccc(C)cc4c(=O)c3[C@@H]2c2ccc(C(C)C)cc2)cc1OC. The Kier molecular flexibility index (Phi) is 6.50. The van der Waals surface area contributed by atoms with Crippen LogP contribution in [-0.2, 0) is 6.42 Å². The number of carbonyl (C=O) groups is 1. The molecular formula is C31H31NO5. The molecule has 4 aromatic rings. The van der Waals surface area contributed by atoms with Crippen LogP contribution in [0, 0.1) is 6.92 Å². The monoisotopic (exact) mass is 497 g/mol. The van der Waals surface area contributed by atoms with Gasteiger partial charge in [0.25, 0.3) is 5.91 Å². The van der Waals surface area contributed by atoms with Crippen molar-refractivity contribution in [2.24, 2.45) is 0 Å². The number of nitrogens with zero attached hydrogens (tertiary/aromatic N) is 1. The highest BCUT2D eigenvalue weighted by molar-refractivity contribution is 5.99. The van der Waals surface area contributed by atoms with Gasteiger partial charge in [0.05, 0.1) is 31.2 Å². The normalized spacial score (nSPS) is 14.9. The highest BCUT2D eigenvalue weighted by atomic mass is 16.5. The van der Waals surface area contributed by atoms with Crippen LogP contribution in [0.2, 0.25) is 0 Å². The zero-order valence-corrected chi connectivity index (χ0v) is 21.8. The van der Waals surface area contributed by atoms with Crippen molar-refractivity contribution in [3.8, 4) is 11.5 Å². The molecule has 1 amide bonds. The predicted octanol–water partition coefficient (Wildman–Crippen LogP) is 6.03. The van der Waals surface area contributed by atoms with E-state index in [2.05, 4.69) is 26.0 Å². The van der Waals surface area contributed by atoms with Crippen molar-refractivity contribution in [2.75, 3.05) is 20.8 Å². The third-order valence-corrected chi connectivity index (χ3v) is 7.13. The van der Waals surface area contributed by atoms with Crippen LogP contribution in [0.15, 0.2) is 69.9 Å². The molecule has 0 bridgehead atoms. The second kappa shape index (κ2) is 9.77. The molecule has 37 heavy (non-hydrogen) atoms. The van der Waals surface area contributed by atoms with Gasteiger partial charge in [-0.3, -0.25) is 9.59 Å². The molecule has 0 saturated heterocycles. The minimum Gasteiger partial charge on any atom is -0.493 e. The minimum absolute atomic E-state index is 0.131. The molecule has 190 valence electrons. The zero-order valence-electron chi connectivity index (χ0n) is 21.8. The van der Waals surface area contributed by atoms with Crippen LogP contribution >= 0.6 is 0 Å². The lowest BCUT2D eigenvalue weighted by atomic mass is 9.95. The summed E-state index contributed by atoms with van der Waals surface area (Å²) in [6, 6.07) is 18.9. The maximum atomic E-state index is 13.8. The number of carbonyl (C=O) groups excluding carboxylic acids is 1. The first-order valence-electron chi connectivity index (χ1n) is 12.5. The van der Waals surface area contributed by atoms with E-state index >= 15 is 0 Å². The smallest absolute Gasteiger partial charge is 0.290 e. The average molecular weight is 498 g/mol. The lowest BCUT2D eigenvalue weighted by molar-refractivity contribution is 0.0730. The Hall–Kier alpha value is -4.06. The van der Waals surface area contributed by atoms with E-state index in [-0.39, 0.29) is 17.1 Å². The summed E-state index contributed by atoms with van der Waals surface area (Å²) < 4.78 is 16.9. The van der Waals surface area contributed by atoms with Crippen molar-refractivity contribution >= 4 is 16.9 Å². The average Bonchev–Trinajstić information content (AvgIpc) is 3.19. The molecule has 1 aliphatic heterocycles. The third kappa shape index (κ3) is 4.37. The summed E-state index contributed by atoms with van der Waals surface area (Å²) >= 11 is 0. The molecule has 5 rings (SSSR count). The summed E-state index contributed by atoms with van der Waals surface area (Å²) in [7, 11) is 3.20. The van der Waals surface area contributed by atoms with E-state index in [9.17, 15) is 9.59 Å². The van der Waals surface area contributed by atoms with Gasteiger partial charge in [-0.2, -0.15) is 0 Å². The fourth-order valence-corrected chi connectivity index (χ4v) is 5.06. The Labute approximate surface area is 216 Å². The molecule has 1 aromatic heterocycles. The predicted molar refractivity (Wildman–Crippen MR) is 144 cm³/mol. The molecule has 0 aliphatic carbocycles. The molecule has 6 heteroatoms. The molecule has 2 heterocycles. The Morgan fingerprint density at radius 2 is 1.65 bits per heavy atom. The molecule has 1 atom stereocenters. The molecule has 0 fully saturated rings. The number of ether oxygens (including phenoxy) is 2. The lowest BCUT2D eigenvalue weighted by Gasteiger charge is -2.25. The molecule has 3 aromatic carbocycles. The summed E-state index contributed by atoms with van der Waals surface area (Å²) in [5.41, 5.74) is 4.74. The van der Waals surface area contributed by atoms with Gasteiger partial charge in [-0.15, -0.1) is 0 Å². The van der Waals surface area contributed by atoms with Gasteiger partial charge in [-0.1, -0.05) is 55.8 Å². The van der Waals surface area contributed by atoms with E-state index in [1.807, 2.05) is 49.4 Å².